The Morgan fingerprint density at radius 3 is 1.78 bits per heavy atom. The molecule has 46 heavy (non-hydrogen) atoms. The summed E-state index contributed by atoms with van der Waals surface area (Å²) in [6.45, 7) is 2.16. The molecule has 0 atom stereocenters. The Bertz CT molecular complexity index is 1820. The van der Waals surface area contributed by atoms with Gasteiger partial charge in [0.25, 0.3) is 0 Å². The van der Waals surface area contributed by atoms with E-state index < -0.39 is 40.9 Å². The van der Waals surface area contributed by atoms with Crippen molar-refractivity contribution in [2.24, 2.45) is 0 Å². The van der Waals surface area contributed by atoms with Crippen LogP contribution in [0.5, 0.6) is 5.75 Å². The van der Waals surface area contributed by atoms with Crippen molar-refractivity contribution in [2.75, 3.05) is 0 Å². The van der Waals surface area contributed by atoms with Crippen molar-refractivity contribution < 1.29 is 35.5 Å². The van der Waals surface area contributed by atoms with Gasteiger partial charge in [0, 0.05) is 23.3 Å². The zero-order valence-electron chi connectivity index (χ0n) is 24.8. The molecule has 5 rings (SSSR count). The summed E-state index contributed by atoms with van der Waals surface area (Å²) in [6, 6.07) is 23.2. The minimum atomic E-state index is -3.85. The predicted molar refractivity (Wildman–Crippen MR) is 167 cm³/mol. The third kappa shape index (κ3) is 7.86. The number of rotatable bonds is 11. The summed E-state index contributed by atoms with van der Waals surface area (Å²) in [7, 11) is 0. The molecule has 0 heterocycles. The third-order valence-electron chi connectivity index (χ3n) is 7.51. The van der Waals surface area contributed by atoms with Gasteiger partial charge in [-0.05, 0) is 82.6 Å². The maximum Gasteiger partial charge on any atom is 0.419 e. The van der Waals surface area contributed by atoms with E-state index in [9.17, 15) is 26.3 Å². The van der Waals surface area contributed by atoms with E-state index in [0.717, 1.165) is 48.6 Å². The van der Waals surface area contributed by atoms with Crippen LogP contribution in [0.2, 0.25) is 0 Å². The highest BCUT2D eigenvalue weighted by molar-refractivity contribution is 5.72. The summed E-state index contributed by atoms with van der Waals surface area (Å²) in [5, 5.41) is 0. The molecule has 0 radical (unpaired) electrons. The van der Waals surface area contributed by atoms with Gasteiger partial charge < -0.3 is 4.74 Å². The molecule has 0 fully saturated rings. The van der Waals surface area contributed by atoms with Crippen molar-refractivity contribution in [1.82, 2.24) is 0 Å². The minimum absolute atomic E-state index is 0.311. The highest BCUT2D eigenvalue weighted by Gasteiger charge is 2.28. The molecule has 0 aliphatic rings. The van der Waals surface area contributed by atoms with E-state index in [-0.39, 0.29) is 11.1 Å². The minimum Gasteiger partial charge on any atom is -0.429 e. The van der Waals surface area contributed by atoms with Crippen molar-refractivity contribution in [2.45, 2.75) is 38.7 Å². The van der Waals surface area contributed by atoms with Crippen LogP contribution in [-0.2, 0) is 6.42 Å². The molecule has 0 spiro atoms. The molecule has 0 aromatic heterocycles. The Morgan fingerprint density at radius 2 is 1.15 bits per heavy atom. The van der Waals surface area contributed by atoms with Gasteiger partial charge in [-0.25, -0.2) is 22.0 Å². The molecule has 5 aromatic rings. The summed E-state index contributed by atoms with van der Waals surface area (Å²) in [6.07, 6.45) is 2.22. The van der Waals surface area contributed by atoms with Gasteiger partial charge >= 0.3 is 6.11 Å². The molecule has 0 saturated carbocycles. The van der Waals surface area contributed by atoms with Crippen LogP contribution < -0.4 is 4.74 Å². The molecular formula is C38H29F7O. The third-order valence-corrected chi connectivity index (χ3v) is 7.51. The maximum absolute atomic E-state index is 15.1. The van der Waals surface area contributed by atoms with Gasteiger partial charge in [0.15, 0.2) is 17.5 Å². The number of benzene rings is 5. The molecule has 0 amide bonds. The van der Waals surface area contributed by atoms with Crippen LogP contribution in [0.15, 0.2) is 103 Å². The monoisotopic (exact) mass is 634 g/mol. The molecule has 236 valence electrons. The van der Waals surface area contributed by atoms with E-state index in [4.69, 9.17) is 0 Å². The molecule has 0 N–H and O–H groups in total. The van der Waals surface area contributed by atoms with Gasteiger partial charge in [-0.3, -0.25) is 0 Å². The molecule has 5 aromatic carbocycles. The molecule has 0 saturated heterocycles. The van der Waals surface area contributed by atoms with Crippen LogP contribution in [-0.4, -0.2) is 6.11 Å². The predicted octanol–water partition coefficient (Wildman–Crippen LogP) is 11.8. The second-order valence-electron chi connectivity index (χ2n) is 10.9. The molecule has 0 bridgehead atoms. The number of hydrogen-bond acceptors (Lipinski definition) is 1. The molecule has 0 unspecified atom stereocenters. The first-order chi connectivity index (χ1) is 22.0. The lowest BCUT2D eigenvalue weighted by atomic mass is 9.97. The van der Waals surface area contributed by atoms with Crippen molar-refractivity contribution >= 4 is 6.08 Å². The van der Waals surface area contributed by atoms with Crippen LogP contribution in [0.25, 0.3) is 39.5 Å². The van der Waals surface area contributed by atoms with Gasteiger partial charge in [-0.15, -0.1) is 0 Å². The second kappa shape index (κ2) is 14.1. The highest BCUT2D eigenvalue weighted by atomic mass is 19.3. The number of alkyl halides is 2. The Balaban J connectivity index is 1.23. The molecule has 8 heteroatoms. The first-order valence-corrected chi connectivity index (χ1v) is 14.7. The Morgan fingerprint density at radius 1 is 0.587 bits per heavy atom. The first-order valence-electron chi connectivity index (χ1n) is 14.7. The number of unbranched alkanes of at least 4 members (excludes halogenated alkanes) is 2. The van der Waals surface area contributed by atoms with Crippen LogP contribution >= 0.6 is 0 Å². The van der Waals surface area contributed by atoms with E-state index >= 15 is 4.39 Å². The second-order valence-corrected chi connectivity index (χ2v) is 10.9. The van der Waals surface area contributed by atoms with E-state index in [1.807, 2.05) is 18.2 Å². The van der Waals surface area contributed by atoms with E-state index in [1.54, 1.807) is 30.3 Å². The van der Waals surface area contributed by atoms with Crippen LogP contribution in [0.4, 0.5) is 30.7 Å². The normalized spacial score (nSPS) is 11.7. The molecule has 1 nitrogen and oxygen atoms in total. The standard InChI is InChI=1S/C38H29F7O/c1-2-3-4-5-24-6-10-26(11-7-24)28-14-16-31(33(39)20-28)27-12-8-25(9-13-27)18-19-38(44,45)46-30-15-17-32(34(40)23-30)29-21-35(41)37(43)36(42)22-29/h6-23H,2-5H2,1H3/b19-18+. The summed E-state index contributed by atoms with van der Waals surface area (Å²) in [5.74, 6) is -6.80. The van der Waals surface area contributed by atoms with E-state index in [0.29, 0.717) is 41.0 Å². The lowest BCUT2D eigenvalue weighted by Crippen LogP contribution is -2.21. The number of aryl methyl sites for hydroxylation is 1. The number of halogens is 7. The topological polar surface area (TPSA) is 9.23 Å². The smallest absolute Gasteiger partial charge is 0.419 e. The zero-order chi connectivity index (χ0) is 32.8. The summed E-state index contributed by atoms with van der Waals surface area (Å²) >= 11 is 0. The van der Waals surface area contributed by atoms with Crippen LogP contribution in [0, 0.1) is 29.1 Å². The van der Waals surface area contributed by atoms with Crippen molar-refractivity contribution in [3.8, 4) is 39.1 Å². The van der Waals surface area contributed by atoms with Gasteiger partial charge in [0.05, 0.1) is 0 Å². The Labute approximate surface area is 262 Å². The van der Waals surface area contributed by atoms with Gasteiger partial charge in [0.1, 0.15) is 17.4 Å². The highest BCUT2D eigenvalue weighted by Crippen LogP contribution is 2.32. The van der Waals surface area contributed by atoms with Gasteiger partial charge in [-0.2, -0.15) is 8.78 Å². The maximum atomic E-state index is 15.1. The zero-order valence-corrected chi connectivity index (χ0v) is 24.8. The number of ether oxygens (including phenoxy) is 1. The molecule has 0 aliphatic heterocycles. The average molecular weight is 635 g/mol. The molecular weight excluding hydrogens is 605 g/mol. The fraction of sp³-hybridized carbons (Fsp3) is 0.158. The SMILES string of the molecule is CCCCCc1ccc(-c2ccc(-c3ccc(/C=C/C(F)(F)Oc4ccc(-c5cc(F)c(F)c(F)c5)c(F)c4)cc3)c(F)c2)cc1. The molecule has 0 aliphatic carbocycles. The van der Waals surface area contributed by atoms with E-state index in [2.05, 4.69) is 23.8 Å². The van der Waals surface area contributed by atoms with Crippen molar-refractivity contribution in [3.63, 3.8) is 0 Å². The largest absolute Gasteiger partial charge is 0.429 e. The van der Waals surface area contributed by atoms with Crippen LogP contribution in [0.1, 0.15) is 37.3 Å². The van der Waals surface area contributed by atoms with Crippen molar-refractivity contribution in [3.05, 3.63) is 143 Å². The van der Waals surface area contributed by atoms with Gasteiger partial charge in [-0.1, -0.05) is 80.4 Å². The first kappa shape index (κ1) is 32.5. The quantitative estimate of drug-likeness (QED) is 0.0798. The lowest BCUT2D eigenvalue weighted by Gasteiger charge is -2.15. The lowest BCUT2D eigenvalue weighted by molar-refractivity contribution is -0.131. The Kier molecular flexibility index (Phi) is 9.95. The van der Waals surface area contributed by atoms with Crippen LogP contribution in [0.3, 0.4) is 0 Å². The fourth-order valence-corrected chi connectivity index (χ4v) is 5.03. The van der Waals surface area contributed by atoms with E-state index in [1.165, 1.54) is 18.1 Å². The summed E-state index contributed by atoms with van der Waals surface area (Å²) in [4.78, 5) is 0. The summed E-state index contributed by atoms with van der Waals surface area (Å²) in [5.41, 5.74) is 3.56. The fourth-order valence-electron chi connectivity index (χ4n) is 5.03. The number of hydrogen-bond donors (Lipinski definition) is 0. The average Bonchev–Trinajstić information content (AvgIpc) is 3.03. The Hall–Kier alpha value is -4.85. The van der Waals surface area contributed by atoms with Gasteiger partial charge in [0.2, 0.25) is 0 Å². The van der Waals surface area contributed by atoms with Crippen molar-refractivity contribution in [1.29, 1.82) is 0 Å². The summed E-state index contributed by atoms with van der Waals surface area (Å²) < 4.78 is 104.